The van der Waals surface area contributed by atoms with Crippen LogP contribution in [-0.4, -0.2) is 48.1 Å². The molecule has 1 aromatic heterocycles. The molecule has 5 nitrogen and oxygen atoms in total. The summed E-state index contributed by atoms with van der Waals surface area (Å²) in [5.41, 5.74) is 1.93. The van der Waals surface area contributed by atoms with Gasteiger partial charge in [0.15, 0.2) is 0 Å². The van der Waals surface area contributed by atoms with Gasteiger partial charge in [-0.1, -0.05) is 6.07 Å². The van der Waals surface area contributed by atoms with Gasteiger partial charge in [-0.15, -0.1) is 0 Å². The summed E-state index contributed by atoms with van der Waals surface area (Å²) in [7, 11) is 4.01. The predicted molar refractivity (Wildman–Crippen MR) is 97.1 cm³/mol. The fraction of sp³-hybridized carbons (Fsp3) is 0.400. The second-order valence-corrected chi connectivity index (χ2v) is 6.90. The highest BCUT2D eigenvalue weighted by molar-refractivity contribution is 5.33. The van der Waals surface area contributed by atoms with Crippen molar-refractivity contribution >= 4 is 0 Å². The van der Waals surface area contributed by atoms with Gasteiger partial charge in [0, 0.05) is 44.0 Å². The van der Waals surface area contributed by atoms with E-state index in [0.717, 1.165) is 37.5 Å². The van der Waals surface area contributed by atoms with Gasteiger partial charge in [-0.05, 0) is 38.7 Å². The number of ether oxygens (including phenoxy) is 1. The van der Waals surface area contributed by atoms with Crippen molar-refractivity contribution in [2.75, 3.05) is 27.2 Å². The van der Waals surface area contributed by atoms with Gasteiger partial charge in [0.25, 0.3) is 0 Å². The standard InChI is InChI=1S/C20H23FN4O/c1-24(2)13-17-10-18(5-7-23-17)26-19-6-8-25(14-19)12-16-4-3-15(11-22)9-20(16)21/h3-5,7,9-10,19H,6,8,12-14H2,1-2H3. The van der Waals surface area contributed by atoms with Crippen molar-refractivity contribution in [2.45, 2.75) is 25.6 Å². The summed E-state index contributed by atoms with van der Waals surface area (Å²) in [5.74, 6) is 0.504. The Morgan fingerprint density at radius 2 is 2.19 bits per heavy atom. The van der Waals surface area contributed by atoms with Crippen LogP contribution in [0.15, 0.2) is 36.5 Å². The highest BCUT2D eigenvalue weighted by Crippen LogP contribution is 2.21. The SMILES string of the molecule is CN(C)Cc1cc(OC2CCN(Cc3ccc(C#N)cc3F)C2)ccn1. The topological polar surface area (TPSA) is 52.4 Å². The molecule has 0 saturated carbocycles. The first-order valence-corrected chi connectivity index (χ1v) is 8.70. The molecule has 0 spiro atoms. The molecular weight excluding hydrogens is 331 g/mol. The molecule has 1 aromatic carbocycles. The van der Waals surface area contributed by atoms with Gasteiger partial charge in [0.2, 0.25) is 0 Å². The van der Waals surface area contributed by atoms with E-state index in [1.165, 1.54) is 6.07 Å². The quantitative estimate of drug-likeness (QED) is 0.798. The summed E-state index contributed by atoms with van der Waals surface area (Å²) >= 11 is 0. The van der Waals surface area contributed by atoms with Crippen LogP contribution in [0.4, 0.5) is 4.39 Å². The molecule has 1 aliphatic heterocycles. The monoisotopic (exact) mass is 354 g/mol. The summed E-state index contributed by atoms with van der Waals surface area (Å²) in [4.78, 5) is 8.59. The minimum absolute atomic E-state index is 0.0889. The maximum atomic E-state index is 14.1. The van der Waals surface area contributed by atoms with Gasteiger partial charge in [0.05, 0.1) is 17.3 Å². The molecule has 136 valence electrons. The Hall–Kier alpha value is -2.49. The van der Waals surface area contributed by atoms with Crippen LogP contribution in [0.5, 0.6) is 5.75 Å². The van der Waals surface area contributed by atoms with E-state index < -0.39 is 0 Å². The molecular formula is C20H23FN4O. The lowest BCUT2D eigenvalue weighted by molar-refractivity contribution is 0.197. The Bertz CT molecular complexity index is 803. The summed E-state index contributed by atoms with van der Waals surface area (Å²) in [6.07, 6.45) is 2.77. The van der Waals surface area contributed by atoms with E-state index in [0.29, 0.717) is 17.7 Å². The van der Waals surface area contributed by atoms with Crippen molar-refractivity contribution < 1.29 is 9.13 Å². The predicted octanol–water partition coefficient (Wildman–Crippen LogP) is 2.81. The van der Waals surface area contributed by atoms with Gasteiger partial charge in [0.1, 0.15) is 17.7 Å². The van der Waals surface area contributed by atoms with Crippen molar-refractivity contribution in [1.29, 1.82) is 5.26 Å². The molecule has 0 N–H and O–H groups in total. The Labute approximate surface area is 153 Å². The van der Waals surface area contributed by atoms with Crippen LogP contribution in [0.25, 0.3) is 0 Å². The molecule has 1 fully saturated rings. The highest BCUT2D eigenvalue weighted by atomic mass is 19.1. The lowest BCUT2D eigenvalue weighted by atomic mass is 10.1. The molecule has 0 aliphatic carbocycles. The van der Waals surface area contributed by atoms with Crippen molar-refractivity contribution in [3.05, 3.63) is 59.2 Å². The number of halogens is 1. The van der Waals surface area contributed by atoms with Crippen molar-refractivity contribution in [3.8, 4) is 11.8 Å². The second kappa shape index (κ2) is 8.26. The summed E-state index contributed by atoms with van der Waals surface area (Å²) in [6.45, 7) is 2.91. The van der Waals surface area contributed by atoms with Crippen molar-refractivity contribution in [1.82, 2.24) is 14.8 Å². The Morgan fingerprint density at radius 3 is 2.92 bits per heavy atom. The van der Waals surface area contributed by atoms with E-state index >= 15 is 0 Å². The third-order valence-corrected chi connectivity index (χ3v) is 4.37. The number of nitriles is 1. The molecule has 1 unspecified atom stereocenters. The van der Waals surface area contributed by atoms with E-state index in [9.17, 15) is 4.39 Å². The maximum Gasteiger partial charge on any atom is 0.129 e. The molecule has 1 saturated heterocycles. The minimum atomic E-state index is -0.323. The van der Waals surface area contributed by atoms with Crippen LogP contribution in [0.3, 0.4) is 0 Å². The Kier molecular flexibility index (Phi) is 5.82. The average Bonchev–Trinajstić information content (AvgIpc) is 3.03. The van der Waals surface area contributed by atoms with E-state index in [1.54, 1.807) is 18.3 Å². The van der Waals surface area contributed by atoms with Crippen LogP contribution in [0.1, 0.15) is 23.2 Å². The number of likely N-dealkylation sites (tertiary alicyclic amines) is 1. The molecule has 0 radical (unpaired) electrons. The highest BCUT2D eigenvalue weighted by Gasteiger charge is 2.24. The fourth-order valence-electron chi connectivity index (χ4n) is 3.16. The zero-order chi connectivity index (χ0) is 18.5. The second-order valence-electron chi connectivity index (χ2n) is 6.90. The van der Waals surface area contributed by atoms with Crippen LogP contribution in [0.2, 0.25) is 0 Å². The van der Waals surface area contributed by atoms with Gasteiger partial charge in [-0.25, -0.2) is 4.39 Å². The average molecular weight is 354 g/mol. The summed E-state index contributed by atoms with van der Waals surface area (Å²) < 4.78 is 20.2. The van der Waals surface area contributed by atoms with Gasteiger partial charge < -0.3 is 9.64 Å². The molecule has 3 rings (SSSR count). The molecule has 1 aliphatic rings. The molecule has 2 heterocycles. The number of benzene rings is 1. The van der Waals surface area contributed by atoms with E-state index in [-0.39, 0.29) is 11.9 Å². The number of aromatic nitrogens is 1. The smallest absolute Gasteiger partial charge is 0.129 e. The lowest BCUT2D eigenvalue weighted by Crippen LogP contribution is -2.25. The normalized spacial score (nSPS) is 17.4. The first-order valence-electron chi connectivity index (χ1n) is 8.70. The van der Waals surface area contributed by atoms with Gasteiger partial charge in [-0.2, -0.15) is 5.26 Å². The fourth-order valence-corrected chi connectivity index (χ4v) is 3.16. The Balaban J connectivity index is 1.57. The van der Waals surface area contributed by atoms with E-state index in [2.05, 4.69) is 14.8 Å². The van der Waals surface area contributed by atoms with Crippen LogP contribution in [-0.2, 0) is 13.1 Å². The zero-order valence-corrected chi connectivity index (χ0v) is 15.2. The third kappa shape index (κ3) is 4.78. The van der Waals surface area contributed by atoms with Crippen molar-refractivity contribution in [3.63, 3.8) is 0 Å². The number of rotatable bonds is 6. The Morgan fingerprint density at radius 1 is 1.35 bits per heavy atom. The lowest BCUT2D eigenvalue weighted by Gasteiger charge is -2.18. The molecule has 0 bridgehead atoms. The molecule has 6 heteroatoms. The van der Waals surface area contributed by atoms with Crippen LogP contribution < -0.4 is 4.74 Å². The minimum Gasteiger partial charge on any atom is -0.489 e. The number of hydrogen-bond donors (Lipinski definition) is 0. The van der Waals surface area contributed by atoms with Crippen LogP contribution in [0, 0.1) is 17.1 Å². The largest absolute Gasteiger partial charge is 0.489 e. The van der Waals surface area contributed by atoms with Gasteiger partial charge >= 0.3 is 0 Å². The molecule has 2 aromatic rings. The van der Waals surface area contributed by atoms with Crippen molar-refractivity contribution in [2.24, 2.45) is 0 Å². The van der Waals surface area contributed by atoms with E-state index in [4.69, 9.17) is 10.00 Å². The molecule has 1 atom stereocenters. The molecule has 26 heavy (non-hydrogen) atoms. The third-order valence-electron chi connectivity index (χ3n) is 4.37. The summed E-state index contributed by atoms with van der Waals surface area (Å²) in [6, 6.07) is 10.5. The number of nitrogens with zero attached hydrogens (tertiary/aromatic N) is 4. The number of hydrogen-bond acceptors (Lipinski definition) is 5. The van der Waals surface area contributed by atoms with E-state index in [1.807, 2.05) is 32.3 Å². The zero-order valence-electron chi connectivity index (χ0n) is 15.2. The van der Waals surface area contributed by atoms with Gasteiger partial charge in [-0.3, -0.25) is 9.88 Å². The number of pyridine rings is 1. The molecule has 0 amide bonds. The first kappa shape index (κ1) is 18.3. The summed E-state index contributed by atoms with van der Waals surface area (Å²) in [5, 5.41) is 8.83. The van der Waals surface area contributed by atoms with Crippen LogP contribution >= 0.6 is 0 Å². The maximum absolute atomic E-state index is 14.1. The first-order chi connectivity index (χ1) is 12.5.